The Morgan fingerprint density at radius 2 is 1.50 bits per heavy atom. The van der Waals surface area contributed by atoms with E-state index in [1.54, 1.807) is 31.0 Å². The molecule has 2 heteroatoms. The van der Waals surface area contributed by atoms with E-state index >= 15 is 0 Å². The van der Waals surface area contributed by atoms with Gasteiger partial charge in [-0.25, -0.2) is 0 Å². The van der Waals surface area contributed by atoms with Crippen LogP contribution in [-0.2, 0) is 4.74 Å². The van der Waals surface area contributed by atoms with Crippen LogP contribution < -0.4 is 0 Å². The summed E-state index contributed by atoms with van der Waals surface area (Å²) in [6.07, 6.45) is 13.8. The van der Waals surface area contributed by atoms with E-state index in [9.17, 15) is 0 Å². The van der Waals surface area contributed by atoms with Crippen molar-refractivity contribution in [1.82, 2.24) is 0 Å². The first kappa shape index (κ1) is 16.5. The van der Waals surface area contributed by atoms with Crippen LogP contribution in [0.1, 0.15) is 71.6 Å². The van der Waals surface area contributed by atoms with Gasteiger partial charge in [0.2, 0.25) is 0 Å². The van der Waals surface area contributed by atoms with Crippen molar-refractivity contribution in [2.45, 2.75) is 95.9 Å². The quantitative estimate of drug-likeness (QED) is 0.451. The maximum atomic E-state index is 5.80. The van der Waals surface area contributed by atoms with Gasteiger partial charge in [-0.05, 0) is 44.4 Å². The summed E-state index contributed by atoms with van der Waals surface area (Å²) in [6.45, 7) is 5.37. The lowest BCUT2D eigenvalue weighted by Gasteiger charge is -2.37. The molecule has 0 atom stereocenters. The van der Waals surface area contributed by atoms with Gasteiger partial charge in [0.05, 0.1) is 6.10 Å². The molecule has 0 amide bonds. The molecule has 20 heavy (non-hydrogen) atoms. The van der Waals surface area contributed by atoms with Crippen LogP contribution in [0.3, 0.4) is 0 Å². The second kappa shape index (κ2) is 9.25. The van der Waals surface area contributed by atoms with Crippen molar-refractivity contribution in [3.63, 3.8) is 0 Å². The molecule has 0 bridgehead atoms. The van der Waals surface area contributed by atoms with Crippen LogP contribution in [0.15, 0.2) is 0 Å². The zero-order chi connectivity index (χ0) is 14.2. The number of hydrogen-bond acceptors (Lipinski definition) is 1. The average molecular weight is 297 g/mol. The highest BCUT2D eigenvalue weighted by molar-refractivity contribution is 6.58. The Hall–Kier alpha value is 0.177. The van der Waals surface area contributed by atoms with Crippen molar-refractivity contribution >= 4 is 8.80 Å². The minimum absolute atomic E-state index is 0.299. The van der Waals surface area contributed by atoms with E-state index in [2.05, 4.69) is 13.8 Å². The van der Waals surface area contributed by atoms with Crippen LogP contribution >= 0.6 is 0 Å². The summed E-state index contributed by atoms with van der Waals surface area (Å²) >= 11 is 0. The molecule has 0 aromatic carbocycles. The molecule has 0 unspecified atom stereocenters. The Morgan fingerprint density at radius 1 is 0.850 bits per heavy atom. The lowest BCUT2D eigenvalue weighted by molar-refractivity contribution is 0.0171. The van der Waals surface area contributed by atoms with E-state index in [0.29, 0.717) is 6.10 Å². The minimum atomic E-state index is -0.299. The van der Waals surface area contributed by atoms with E-state index < -0.39 is 0 Å². The van der Waals surface area contributed by atoms with Crippen LogP contribution in [0.4, 0.5) is 0 Å². The fraction of sp³-hybridized carbons (Fsp3) is 1.00. The standard InChI is InChI=1S/C18H36OSi/c1-3-5-6-13-20-14-11-17(12-15-20)16-7-9-18(10-8-16)19-4-2/h16-18,20H,3-15H2,1-2H3/t16-,17-,18-,20-. The molecule has 1 aliphatic heterocycles. The molecule has 1 saturated carbocycles. The fourth-order valence-corrected chi connectivity index (χ4v) is 8.12. The van der Waals surface area contributed by atoms with Gasteiger partial charge in [-0.2, -0.15) is 0 Å². The third-order valence-corrected chi connectivity index (χ3v) is 9.42. The SMILES string of the molecule is CCCCC[Si@H]1CC[C@H]([C@H]2CC[C@H](OCC)CC2)CC1. The van der Waals surface area contributed by atoms with Crippen molar-refractivity contribution in [3.05, 3.63) is 0 Å². The maximum Gasteiger partial charge on any atom is 0.0575 e. The highest BCUT2D eigenvalue weighted by Crippen LogP contribution is 2.40. The number of unbranched alkanes of at least 4 members (excludes halogenated alkanes) is 2. The normalized spacial score (nSPS) is 35.1. The second-order valence-corrected chi connectivity index (χ2v) is 10.7. The van der Waals surface area contributed by atoms with Gasteiger partial charge in [0.15, 0.2) is 0 Å². The van der Waals surface area contributed by atoms with Gasteiger partial charge in [-0.15, -0.1) is 0 Å². The van der Waals surface area contributed by atoms with Crippen molar-refractivity contribution in [2.75, 3.05) is 6.61 Å². The molecule has 0 aromatic heterocycles. The Kier molecular flexibility index (Phi) is 7.65. The fourth-order valence-electron chi connectivity index (χ4n) is 4.59. The van der Waals surface area contributed by atoms with E-state index in [1.165, 1.54) is 44.9 Å². The summed E-state index contributed by atoms with van der Waals surface area (Å²) in [5.74, 6) is 2.14. The summed E-state index contributed by atoms with van der Waals surface area (Å²) in [6, 6.07) is 4.98. The third kappa shape index (κ3) is 5.18. The molecule has 118 valence electrons. The lowest BCUT2D eigenvalue weighted by atomic mass is 9.76. The van der Waals surface area contributed by atoms with Crippen molar-refractivity contribution in [2.24, 2.45) is 11.8 Å². The molecule has 2 aliphatic rings. The van der Waals surface area contributed by atoms with E-state index in [0.717, 1.165) is 18.4 Å². The first-order valence-electron chi connectivity index (χ1n) is 9.45. The van der Waals surface area contributed by atoms with Crippen molar-refractivity contribution < 1.29 is 4.74 Å². The summed E-state index contributed by atoms with van der Waals surface area (Å²) < 4.78 is 5.80. The van der Waals surface area contributed by atoms with Gasteiger partial charge >= 0.3 is 0 Å². The number of rotatable bonds is 7. The highest BCUT2D eigenvalue weighted by Gasteiger charge is 2.31. The smallest absolute Gasteiger partial charge is 0.0575 e. The molecule has 1 nitrogen and oxygen atoms in total. The molecule has 1 saturated heterocycles. The molecule has 1 aliphatic carbocycles. The predicted molar refractivity (Wildman–Crippen MR) is 91.2 cm³/mol. The molecular formula is C18H36OSi. The van der Waals surface area contributed by atoms with Gasteiger partial charge in [-0.1, -0.05) is 57.2 Å². The monoisotopic (exact) mass is 296 g/mol. The van der Waals surface area contributed by atoms with Crippen LogP contribution in [-0.4, -0.2) is 21.5 Å². The highest BCUT2D eigenvalue weighted by atomic mass is 28.3. The van der Waals surface area contributed by atoms with Gasteiger partial charge in [0.1, 0.15) is 0 Å². The molecule has 2 fully saturated rings. The number of ether oxygens (including phenoxy) is 1. The Morgan fingerprint density at radius 3 is 2.10 bits per heavy atom. The first-order chi connectivity index (χ1) is 9.83. The zero-order valence-corrected chi connectivity index (χ0v) is 15.1. The van der Waals surface area contributed by atoms with Crippen molar-refractivity contribution in [1.29, 1.82) is 0 Å². The molecule has 0 N–H and O–H groups in total. The topological polar surface area (TPSA) is 9.23 Å². The second-order valence-electron chi connectivity index (χ2n) is 7.27. The summed E-state index contributed by atoms with van der Waals surface area (Å²) in [4.78, 5) is 0. The molecular weight excluding hydrogens is 260 g/mol. The van der Waals surface area contributed by atoms with Gasteiger partial charge < -0.3 is 4.74 Å². The van der Waals surface area contributed by atoms with E-state index in [4.69, 9.17) is 4.74 Å². The molecule has 2 rings (SSSR count). The molecule has 0 radical (unpaired) electrons. The Labute approximate surface area is 128 Å². The summed E-state index contributed by atoms with van der Waals surface area (Å²) in [7, 11) is -0.299. The lowest BCUT2D eigenvalue weighted by Crippen LogP contribution is -2.30. The summed E-state index contributed by atoms with van der Waals surface area (Å²) in [5.41, 5.74) is 0. The largest absolute Gasteiger partial charge is 0.379 e. The van der Waals surface area contributed by atoms with Crippen LogP contribution in [0.5, 0.6) is 0 Å². The minimum Gasteiger partial charge on any atom is -0.379 e. The average Bonchev–Trinajstić information content (AvgIpc) is 2.49. The van der Waals surface area contributed by atoms with Crippen molar-refractivity contribution in [3.8, 4) is 0 Å². The van der Waals surface area contributed by atoms with Crippen LogP contribution in [0.25, 0.3) is 0 Å². The molecule has 1 heterocycles. The first-order valence-corrected chi connectivity index (χ1v) is 11.9. The molecule has 0 aromatic rings. The predicted octanol–water partition coefficient (Wildman–Crippen LogP) is 5.41. The third-order valence-electron chi connectivity index (χ3n) is 5.90. The van der Waals surface area contributed by atoms with E-state index in [-0.39, 0.29) is 8.80 Å². The Bertz CT molecular complexity index is 240. The maximum absolute atomic E-state index is 5.80. The van der Waals surface area contributed by atoms with Gasteiger partial charge in [-0.3, -0.25) is 0 Å². The van der Waals surface area contributed by atoms with Crippen LogP contribution in [0.2, 0.25) is 18.1 Å². The Balaban J connectivity index is 1.62. The summed E-state index contributed by atoms with van der Waals surface area (Å²) in [5, 5.41) is 0. The van der Waals surface area contributed by atoms with E-state index in [1.807, 2.05) is 0 Å². The van der Waals surface area contributed by atoms with Crippen LogP contribution in [0, 0.1) is 11.8 Å². The number of hydrogen-bond donors (Lipinski definition) is 0. The zero-order valence-electron chi connectivity index (χ0n) is 13.9. The van der Waals surface area contributed by atoms with Gasteiger partial charge in [0.25, 0.3) is 0 Å². The van der Waals surface area contributed by atoms with Gasteiger partial charge in [0, 0.05) is 15.4 Å². The molecule has 0 spiro atoms.